The number of methoxy groups -OCH3 is 1. The molecule has 0 aliphatic carbocycles. The lowest BCUT2D eigenvalue weighted by Crippen LogP contribution is -2.26. The number of esters is 1. The Morgan fingerprint density at radius 3 is 2.72 bits per heavy atom. The van der Waals surface area contributed by atoms with E-state index in [9.17, 15) is 13.2 Å². The first-order valence-electron chi connectivity index (χ1n) is 5.50. The van der Waals surface area contributed by atoms with E-state index in [-0.39, 0.29) is 24.6 Å². The molecular weight excluding hydrogens is 274 g/mol. The number of aryl methyl sites for hydroxylation is 1. The van der Waals surface area contributed by atoms with Crippen LogP contribution >= 0.6 is 11.3 Å². The average Bonchev–Trinajstić information content (AvgIpc) is 2.72. The van der Waals surface area contributed by atoms with Crippen molar-refractivity contribution in [2.45, 2.75) is 26.3 Å². The second-order valence-electron chi connectivity index (χ2n) is 3.90. The van der Waals surface area contributed by atoms with Crippen molar-refractivity contribution in [2.75, 3.05) is 12.9 Å². The molecule has 0 bridgehead atoms. The second-order valence-corrected chi connectivity index (χ2v) is 6.57. The van der Waals surface area contributed by atoms with E-state index in [0.717, 1.165) is 11.1 Å². The number of rotatable bonds is 7. The van der Waals surface area contributed by atoms with E-state index in [1.54, 1.807) is 11.3 Å². The van der Waals surface area contributed by atoms with Crippen LogP contribution in [0.5, 0.6) is 0 Å². The molecule has 5 nitrogen and oxygen atoms in total. The van der Waals surface area contributed by atoms with Gasteiger partial charge in [-0.3, -0.25) is 4.79 Å². The van der Waals surface area contributed by atoms with Gasteiger partial charge in [0.25, 0.3) is 0 Å². The van der Waals surface area contributed by atoms with Gasteiger partial charge in [-0.05, 0) is 35.2 Å². The number of hydrogen-bond acceptors (Lipinski definition) is 5. The van der Waals surface area contributed by atoms with Gasteiger partial charge in [-0.15, -0.1) is 0 Å². The van der Waals surface area contributed by atoms with E-state index in [1.807, 2.05) is 17.7 Å². The summed E-state index contributed by atoms with van der Waals surface area (Å²) in [4.78, 5) is 10.9. The van der Waals surface area contributed by atoms with E-state index >= 15 is 0 Å². The van der Waals surface area contributed by atoms with Crippen molar-refractivity contribution in [3.8, 4) is 0 Å². The van der Waals surface area contributed by atoms with E-state index in [0.29, 0.717) is 6.54 Å². The highest BCUT2D eigenvalue weighted by Gasteiger charge is 2.12. The van der Waals surface area contributed by atoms with Gasteiger partial charge in [0.2, 0.25) is 10.0 Å². The molecule has 0 saturated carbocycles. The molecule has 0 atom stereocenters. The summed E-state index contributed by atoms with van der Waals surface area (Å²) in [6, 6.07) is 0. The molecule has 1 aromatic heterocycles. The first-order valence-corrected chi connectivity index (χ1v) is 8.10. The maximum Gasteiger partial charge on any atom is 0.305 e. The summed E-state index contributed by atoms with van der Waals surface area (Å²) < 4.78 is 30.3. The van der Waals surface area contributed by atoms with Gasteiger partial charge in [-0.25, -0.2) is 13.1 Å². The van der Waals surface area contributed by atoms with E-state index in [1.165, 1.54) is 7.11 Å². The molecule has 0 radical (unpaired) electrons. The summed E-state index contributed by atoms with van der Waals surface area (Å²) in [5.74, 6) is -0.454. The van der Waals surface area contributed by atoms with Gasteiger partial charge in [-0.2, -0.15) is 11.3 Å². The minimum atomic E-state index is -3.33. The molecule has 0 aliphatic rings. The largest absolute Gasteiger partial charge is 0.469 e. The zero-order valence-corrected chi connectivity index (χ0v) is 12.1. The van der Waals surface area contributed by atoms with E-state index in [4.69, 9.17) is 0 Å². The highest BCUT2D eigenvalue weighted by molar-refractivity contribution is 7.89. The Bertz CT molecular complexity index is 493. The monoisotopic (exact) mass is 291 g/mol. The summed E-state index contributed by atoms with van der Waals surface area (Å²) in [5.41, 5.74) is 2.06. The van der Waals surface area contributed by atoms with Crippen molar-refractivity contribution in [1.82, 2.24) is 4.72 Å². The molecule has 18 heavy (non-hydrogen) atoms. The molecule has 0 unspecified atom stereocenters. The maximum atomic E-state index is 11.6. The third kappa shape index (κ3) is 5.16. The quantitative estimate of drug-likeness (QED) is 0.771. The van der Waals surface area contributed by atoms with Crippen LogP contribution in [0.15, 0.2) is 10.8 Å². The van der Waals surface area contributed by atoms with Gasteiger partial charge in [0.05, 0.1) is 12.9 Å². The molecule has 102 valence electrons. The third-order valence-electron chi connectivity index (χ3n) is 2.47. The highest BCUT2D eigenvalue weighted by atomic mass is 32.2. The fraction of sp³-hybridized carbons (Fsp3) is 0.545. The number of nitrogens with one attached hydrogen (secondary N) is 1. The van der Waals surface area contributed by atoms with Gasteiger partial charge >= 0.3 is 5.97 Å². The van der Waals surface area contributed by atoms with Crippen molar-refractivity contribution < 1.29 is 17.9 Å². The molecule has 0 spiro atoms. The molecule has 1 rings (SSSR count). The lowest BCUT2D eigenvalue weighted by Gasteiger charge is -2.06. The lowest BCUT2D eigenvalue weighted by molar-refractivity contribution is -0.140. The molecule has 0 fully saturated rings. The Kier molecular flexibility index (Phi) is 5.77. The Labute approximate surface area is 111 Å². The van der Waals surface area contributed by atoms with Crippen molar-refractivity contribution in [2.24, 2.45) is 0 Å². The Balaban J connectivity index is 2.36. The maximum absolute atomic E-state index is 11.6. The fourth-order valence-corrected chi connectivity index (χ4v) is 3.24. The topological polar surface area (TPSA) is 72.5 Å². The zero-order valence-electron chi connectivity index (χ0n) is 10.4. The predicted octanol–water partition coefficient (Wildman–Crippen LogP) is 1.43. The smallest absolute Gasteiger partial charge is 0.305 e. The fourth-order valence-electron chi connectivity index (χ4n) is 1.34. The van der Waals surface area contributed by atoms with Gasteiger partial charge < -0.3 is 4.74 Å². The van der Waals surface area contributed by atoms with Crippen LogP contribution in [0.4, 0.5) is 0 Å². The summed E-state index contributed by atoms with van der Waals surface area (Å²) in [7, 11) is -2.05. The number of sulfonamides is 1. The normalized spacial score (nSPS) is 11.4. The van der Waals surface area contributed by atoms with Crippen LogP contribution in [0.25, 0.3) is 0 Å². The Hall–Kier alpha value is -0.920. The molecule has 0 amide bonds. The average molecular weight is 291 g/mol. The Morgan fingerprint density at radius 2 is 2.17 bits per heavy atom. The number of carbonyl (C=O) groups excluding carboxylic acids is 1. The summed E-state index contributed by atoms with van der Waals surface area (Å²) in [6.45, 7) is 2.24. The molecule has 1 heterocycles. The van der Waals surface area contributed by atoms with Gasteiger partial charge in [0.15, 0.2) is 0 Å². The lowest BCUT2D eigenvalue weighted by atomic mass is 10.2. The summed E-state index contributed by atoms with van der Waals surface area (Å²) in [6.07, 6.45) is 0.388. The van der Waals surface area contributed by atoms with Crippen molar-refractivity contribution in [1.29, 1.82) is 0 Å². The summed E-state index contributed by atoms with van der Waals surface area (Å²) >= 11 is 1.55. The minimum absolute atomic E-state index is 0.0642. The first-order chi connectivity index (χ1) is 8.44. The van der Waals surface area contributed by atoms with Crippen LogP contribution in [-0.4, -0.2) is 27.2 Å². The Morgan fingerprint density at radius 1 is 1.44 bits per heavy atom. The predicted molar refractivity (Wildman–Crippen MR) is 70.9 cm³/mol. The molecule has 7 heteroatoms. The van der Waals surface area contributed by atoms with Crippen LogP contribution in [0, 0.1) is 6.92 Å². The molecule has 0 aromatic carbocycles. The van der Waals surface area contributed by atoms with Crippen molar-refractivity contribution >= 4 is 27.3 Å². The molecule has 0 saturated heterocycles. The minimum Gasteiger partial charge on any atom is -0.469 e. The SMILES string of the molecule is COC(=O)CCCS(=O)(=O)NCc1cscc1C. The number of hydrogen-bond donors (Lipinski definition) is 1. The van der Waals surface area contributed by atoms with Gasteiger partial charge in [-0.1, -0.05) is 0 Å². The standard InChI is InChI=1S/C11H17NO4S2/c1-9-7-17-8-10(9)6-12-18(14,15)5-3-4-11(13)16-2/h7-8,12H,3-6H2,1-2H3. The molecule has 1 N–H and O–H groups in total. The highest BCUT2D eigenvalue weighted by Crippen LogP contribution is 2.13. The van der Waals surface area contributed by atoms with Crippen molar-refractivity contribution in [3.05, 3.63) is 21.9 Å². The second kappa shape index (κ2) is 6.86. The number of thiophene rings is 1. The number of carbonyl (C=O) groups is 1. The van der Waals surface area contributed by atoms with Crippen LogP contribution in [-0.2, 0) is 26.1 Å². The van der Waals surface area contributed by atoms with E-state index in [2.05, 4.69) is 9.46 Å². The van der Waals surface area contributed by atoms with Crippen molar-refractivity contribution in [3.63, 3.8) is 0 Å². The van der Waals surface area contributed by atoms with Crippen LogP contribution in [0.1, 0.15) is 24.0 Å². The third-order valence-corrected chi connectivity index (χ3v) is 4.79. The van der Waals surface area contributed by atoms with Crippen LogP contribution in [0.3, 0.4) is 0 Å². The molecular formula is C11H17NO4S2. The molecule has 0 aliphatic heterocycles. The van der Waals surface area contributed by atoms with E-state index < -0.39 is 10.0 Å². The number of ether oxygens (including phenoxy) is 1. The van der Waals surface area contributed by atoms with Crippen LogP contribution < -0.4 is 4.72 Å². The van der Waals surface area contributed by atoms with Crippen LogP contribution in [0.2, 0.25) is 0 Å². The summed E-state index contributed by atoms with van der Waals surface area (Å²) in [5, 5.41) is 3.90. The first kappa shape index (κ1) is 15.1. The van der Waals surface area contributed by atoms with Gasteiger partial charge in [0.1, 0.15) is 0 Å². The van der Waals surface area contributed by atoms with Gasteiger partial charge in [0, 0.05) is 13.0 Å². The zero-order chi connectivity index (χ0) is 13.6. The molecule has 1 aromatic rings.